The first kappa shape index (κ1) is 23.7. The molecule has 2 aromatic rings. The number of ether oxygens (including phenoxy) is 1. The molecule has 1 amide bonds. The van der Waals surface area contributed by atoms with E-state index in [2.05, 4.69) is 4.98 Å². The highest BCUT2D eigenvalue weighted by atomic mass is 35.5. The maximum atomic E-state index is 12.1. The van der Waals surface area contributed by atoms with E-state index < -0.39 is 0 Å². The fraction of sp³-hybridized carbons (Fsp3) is 0.412. The third-order valence-electron chi connectivity index (χ3n) is 3.71. The van der Waals surface area contributed by atoms with Gasteiger partial charge < -0.3 is 15.4 Å². The standard InChI is InChI=1S/C17H23N3O2S.2ClH/c1-12-4-6-15(7-5-12)22-10-16-19-14(11-23-16)8-17(21)20(3)13(2)9-18;;/h4-7,11,13H,8-10,18H2,1-3H3;2*1H. The summed E-state index contributed by atoms with van der Waals surface area (Å²) in [5.41, 5.74) is 7.56. The number of rotatable bonds is 7. The van der Waals surface area contributed by atoms with Crippen LogP contribution in [0.3, 0.4) is 0 Å². The van der Waals surface area contributed by atoms with Gasteiger partial charge in [0.05, 0.1) is 12.1 Å². The third kappa shape index (κ3) is 7.20. The van der Waals surface area contributed by atoms with Gasteiger partial charge in [0.15, 0.2) is 0 Å². The van der Waals surface area contributed by atoms with Gasteiger partial charge in [-0.15, -0.1) is 36.2 Å². The summed E-state index contributed by atoms with van der Waals surface area (Å²) < 4.78 is 5.70. The highest BCUT2D eigenvalue weighted by molar-refractivity contribution is 7.09. The first-order chi connectivity index (χ1) is 11.0. The molecule has 5 nitrogen and oxygen atoms in total. The van der Waals surface area contributed by atoms with Gasteiger partial charge in [0, 0.05) is 25.0 Å². The summed E-state index contributed by atoms with van der Waals surface area (Å²) in [6.07, 6.45) is 0.294. The molecule has 0 aliphatic heterocycles. The molecule has 1 aromatic carbocycles. The second-order valence-electron chi connectivity index (χ2n) is 5.60. The number of nitrogens with zero attached hydrogens (tertiary/aromatic N) is 2. The van der Waals surface area contributed by atoms with Crippen LogP contribution in [0.4, 0.5) is 0 Å². The number of halogens is 2. The molecule has 0 saturated carbocycles. The fourth-order valence-electron chi connectivity index (χ4n) is 1.96. The maximum absolute atomic E-state index is 12.1. The largest absolute Gasteiger partial charge is 0.486 e. The van der Waals surface area contributed by atoms with Crippen molar-refractivity contribution in [3.63, 3.8) is 0 Å². The van der Waals surface area contributed by atoms with E-state index in [9.17, 15) is 4.79 Å². The van der Waals surface area contributed by atoms with Crippen LogP contribution in [0.25, 0.3) is 0 Å². The van der Waals surface area contributed by atoms with E-state index in [1.807, 2.05) is 43.5 Å². The quantitative estimate of drug-likeness (QED) is 0.767. The molecule has 1 unspecified atom stereocenters. The molecule has 0 aliphatic carbocycles. The number of carbonyl (C=O) groups excluding carboxylic acids is 1. The zero-order valence-electron chi connectivity index (χ0n) is 14.6. The van der Waals surface area contributed by atoms with Crippen LogP contribution in [0.5, 0.6) is 5.75 Å². The third-order valence-corrected chi connectivity index (χ3v) is 4.58. The summed E-state index contributed by atoms with van der Waals surface area (Å²) in [6.45, 7) is 4.84. The van der Waals surface area contributed by atoms with E-state index in [1.165, 1.54) is 16.9 Å². The zero-order chi connectivity index (χ0) is 16.8. The number of nitrogens with two attached hydrogens (primary N) is 1. The first-order valence-electron chi connectivity index (χ1n) is 7.58. The summed E-state index contributed by atoms with van der Waals surface area (Å²) in [5.74, 6) is 0.846. The molecule has 1 aromatic heterocycles. The van der Waals surface area contributed by atoms with Crippen LogP contribution in [0.2, 0.25) is 0 Å². The molecule has 0 bridgehead atoms. The van der Waals surface area contributed by atoms with Gasteiger partial charge in [-0.05, 0) is 26.0 Å². The molecule has 0 radical (unpaired) electrons. The van der Waals surface area contributed by atoms with Gasteiger partial charge in [0.1, 0.15) is 17.4 Å². The number of hydrogen-bond acceptors (Lipinski definition) is 5. The second kappa shape index (κ2) is 11.3. The van der Waals surface area contributed by atoms with E-state index in [4.69, 9.17) is 10.5 Å². The Morgan fingerprint density at radius 3 is 2.56 bits per heavy atom. The van der Waals surface area contributed by atoms with E-state index in [0.717, 1.165) is 16.5 Å². The van der Waals surface area contributed by atoms with Crippen molar-refractivity contribution in [3.8, 4) is 5.75 Å². The van der Waals surface area contributed by atoms with Crippen molar-refractivity contribution in [2.75, 3.05) is 13.6 Å². The van der Waals surface area contributed by atoms with Crippen molar-refractivity contribution in [3.05, 3.63) is 45.9 Å². The number of aryl methyl sites for hydroxylation is 1. The lowest BCUT2D eigenvalue weighted by atomic mass is 10.2. The Kier molecular flexibility index (Phi) is 10.7. The molecule has 0 saturated heterocycles. The van der Waals surface area contributed by atoms with E-state index in [0.29, 0.717) is 19.6 Å². The van der Waals surface area contributed by atoms with Crippen molar-refractivity contribution in [1.82, 2.24) is 9.88 Å². The van der Waals surface area contributed by atoms with Gasteiger partial charge in [-0.2, -0.15) is 0 Å². The van der Waals surface area contributed by atoms with Crippen LogP contribution in [0, 0.1) is 6.92 Å². The summed E-state index contributed by atoms with van der Waals surface area (Å²) in [5, 5.41) is 2.77. The Morgan fingerprint density at radius 1 is 1.32 bits per heavy atom. The molecule has 140 valence electrons. The molecule has 2 N–H and O–H groups in total. The van der Waals surface area contributed by atoms with Crippen LogP contribution in [0.15, 0.2) is 29.6 Å². The van der Waals surface area contributed by atoms with Crippen LogP contribution < -0.4 is 10.5 Å². The molecule has 0 aliphatic rings. The fourth-order valence-corrected chi connectivity index (χ4v) is 2.66. The van der Waals surface area contributed by atoms with Crippen molar-refractivity contribution in [1.29, 1.82) is 0 Å². The zero-order valence-corrected chi connectivity index (χ0v) is 17.0. The number of amides is 1. The normalized spacial score (nSPS) is 11.0. The molecule has 8 heteroatoms. The van der Waals surface area contributed by atoms with Crippen molar-refractivity contribution in [2.45, 2.75) is 32.9 Å². The molecule has 0 spiro atoms. The average molecular weight is 406 g/mol. The Balaban J connectivity index is 0.00000288. The summed E-state index contributed by atoms with van der Waals surface area (Å²) in [7, 11) is 1.77. The Bertz CT molecular complexity index is 650. The minimum Gasteiger partial charge on any atom is -0.486 e. The highest BCUT2D eigenvalue weighted by Crippen LogP contribution is 2.16. The first-order valence-corrected chi connectivity index (χ1v) is 8.46. The molecule has 1 heterocycles. The van der Waals surface area contributed by atoms with Gasteiger partial charge in [-0.1, -0.05) is 17.7 Å². The SMILES string of the molecule is Cc1ccc(OCc2nc(CC(=O)N(C)C(C)CN)cs2)cc1.Cl.Cl. The molecular weight excluding hydrogens is 381 g/mol. The van der Waals surface area contributed by atoms with Gasteiger partial charge in [0.2, 0.25) is 5.91 Å². The van der Waals surface area contributed by atoms with Crippen LogP contribution in [0.1, 0.15) is 23.2 Å². The van der Waals surface area contributed by atoms with Gasteiger partial charge in [-0.25, -0.2) is 4.98 Å². The lowest BCUT2D eigenvalue weighted by molar-refractivity contribution is -0.130. The lowest BCUT2D eigenvalue weighted by Gasteiger charge is -2.23. The Hall–Kier alpha value is -1.34. The van der Waals surface area contributed by atoms with Gasteiger partial charge in [0.25, 0.3) is 0 Å². The Labute approximate surface area is 165 Å². The number of benzene rings is 1. The number of likely N-dealkylation sites (N-methyl/N-ethyl adjacent to an activating group) is 1. The van der Waals surface area contributed by atoms with Crippen molar-refractivity contribution in [2.24, 2.45) is 5.73 Å². The number of thiazole rings is 1. The van der Waals surface area contributed by atoms with E-state index in [1.54, 1.807) is 11.9 Å². The van der Waals surface area contributed by atoms with Crippen molar-refractivity contribution >= 4 is 42.1 Å². The summed E-state index contributed by atoms with van der Waals surface area (Å²) in [4.78, 5) is 18.3. The molecule has 0 fully saturated rings. The van der Waals surface area contributed by atoms with Crippen molar-refractivity contribution < 1.29 is 9.53 Å². The summed E-state index contributed by atoms with van der Waals surface area (Å²) >= 11 is 1.51. The van der Waals surface area contributed by atoms with Crippen LogP contribution >= 0.6 is 36.2 Å². The smallest absolute Gasteiger partial charge is 0.228 e. The van der Waals surface area contributed by atoms with E-state index >= 15 is 0 Å². The monoisotopic (exact) mass is 405 g/mol. The maximum Gasteiger partial charge on any atom is 0.228 e. The number of aromatic nitrogens is 1. The lowest BCUT2D eigenvalue weighted by Crippen LogP contribution is -2.40. The highest BCUT2D eigenvalue weighted by Gasteiger charge is 2.16. The molecular formula is C17H25Cl2N3O2S. The average Bonchev–Trinajstić information content (AvgIpc) is 3.00. The molecule has 25 heavy (non-hydrogen) atoms. The summed E-state index contributed by atoms with van der Waals surface area (Å²) in [6, 6.07) is 7.93. The van der Waals surface area contributed by atoms with E-state index in [-0.39, 0.29) is 36.8 Å². The minimum absolute atomic E-state index is 0. The van der Waals surface area contributed by atoms with Crippen LogP contribution in [-0.4, -0.2) is 35.4 Å². The molecule has 1 atom stereocenters. The minimum atomic E-state index is 0. The second-order valence-corrected chi connectivity index (χ2v) is 6.54. The predicted molar refractivity (Wildman–Crippen MR) is 107 cm³/mol. The predicted octanol–water partition coefficient (Wildman–Crippen LogP) is 3.22. The van der Waals surface area contributed by atoms with Crippen LogP contribution in [-0.2, 0) is 17.8 Å². The Morgan fingerprint density at radius 2 is 1.96 bits per heavy atom. The number of carbonyl (C=O) groups is 1. The van der Waals surface area contributed by atoms with Gasteiger partial charge in [-0.3, -0.25) is 4.79 Å². The number of hydrogen-bond donors (Lipinski definition) is 1. The molecule has 2 rings (SSSR count). The van der Waals surface area contributed by atoms with Gasteiger partial charge >= 0.3 is 0 Å². The topological polar surface area (TPSA) is 68.5 Å².